The highest BCUT2D eigenvalue weighted by atomic mass is 79.9. The summed E-state index contributed by atoms with van der Waals surface area (Å²) in [6.07, 6.45) is 5.52. The molecule has 0 radical (unpaired) electrons. The molecule has 1 saturated heterocycles. The summed E-state index contributed by atoms with van der Waals surface area (Å²) < 4.78 is 27.4. The van der Waals surface area contributed by atoms with Gasteiger partial charge in [0, 0.05) is 24.3 Å². The molecular weight excluding hydrogens is 502 g/mol. The van der Waals surface area contributed by atoms with E-state index in [-0.39, 0.29) is 0 Å². The maximum atomic E-state index is 10.6. The molecule has 0 aromatic carbocycles. The minimum atomic E-state index is -1.46. The Balaban J connectivity index is 2.05. The Morgan fingerprint density at radius 3 is 2.50 bits per heavy atom. The molecule has 0 spiro atoms. The first-order valence-electron chi connectivity index (χ1n) is 12.2. The lowest BCUT2D eigenvalue weighted by molar-refractivity contribution is -0.0901. The first-order valence-corrected chi connectivity index (χ1v) is 13.0. The van der Waals surface area contributed by atoms with Crippen molar-refractivity contribution in [2.45, 2.75) is 83.2 Å². The first kappa shape index (κ1) is 26.8. The third kappa shape index (κ3) is 5.55. The Kier molecular flexibility index (Phi) is 10.1. The monoisotopic (exact) mass is 537 g/mol. The first-order chi connectivity index (χ1) is 16.5. The smallest absolute Gasteiger partial charge is 0.225 e. The van der Waals surface area contributed by atoms with Gasteiger partial charge in [-0.2, -0.15) is 10.4 Å². The van der Waals surface area contributed by atoms with Crippen LogP contribution < -0.4 is 5.73 Å². The van der Waals surface area contributed by atoms with Crippen LogP contribution in [-0.2, 0) is 24.5 Å². The van der Waals surface area contributed by atoms with Gasteiger partial charge in [0.05, 0.1) is 12.3 Å². The predicted octanol–water partition coefficient (Wildman–Crippen LogP) is 4.38. The average molecular weight is 538 g/mol. The predicted molar refractivity (Wildman–Crippen MR) is 132 cm³/mol. The molecular formula is C24H36BrN5O4. The van der Waals surface area contributed by atoms with E-state index in [2.05, 4.69) is 52.9 Å². The number of halogens is 1. The van der Waals surface area contributed by atoms with Gasteiger partial charge >= 0.3 is 0 Å². The molecule has 3 heterocycles. The van der Waals surface area contributed by atoms with Gasteiger partial charge < -0.3 is 24.7 Å². The maximum Gasteiger partial charge on any atom is 0.225 e. The molecule has 4 atom stereocenters. The standard InChI is InChI=1S/C24H36BrN5O4/c1-4-7-10-31-14-18-21(32-11-8-5-2)22(33-12-9-6-3)24(15-26,34-18)19-13-17(25)20-23(27)28-16-29-30(19)20/h13,16,18,21-22H,4-12,14H2,1-3H3,(H2,27,28,29)/t18-,21-,22-,24+/m1/s1. The van der Waals surface area contributed by atoms with E-state index in [1.54, 1.807) is 4.52 Å². The van der Waals surface area contributed by atoms with Gasteiger partial charge in [-0.3, -0.25) is 0 Å². The van der Waals surface area contributed by atoms with E-state index in [0.29, 0.717) is 47.9 Å². The number of fused-ring (bicyclic) bond motifs is 1. The van der Waals surface area contributed by atoms with Crippen molar-refractivity contribution in [3.8, 4) is 6.07 Å². The molecule has 2 aromatic rings. The molecule has 0 bridgehead atoms. The van der Waals surface area contributed by atoms with E-state index in [4.69, 9.17) is 24.7 Å². The third-order valence-electron chi connectivity index (χ3n) is 6.01. The number of unbranched alkanes of at least 4 members (excludes halogenated alkanes) is 3. The number of nitrogens with two attached hydrogens (primary N) is 1. The summed E-state index contributed by atoms with van der Waals surface area (Å²) in [6.45, 7) is 8.32. The number of nitrogen functional groups attached to an aromatic ring is 1. The summed E-state index contributed by atoms with van der Waals surface area (Å²) in [6, 6.07) is 4.23. The fourth-order valence-electron chi connectivity index (χ4n) is 4.14. The second-order valence-corrected chi connectivity index (χ2v) is 9.40. The normalized spacial score (nSPS) is 24.6. The van der Waals surface area contributed by atoms with Crippen LogP contribution in [0.5, 0.6) is 0 Å². The minimum Gasteiger partial charge on any atom is -0.382 e. The molecule has 0 saturated carbocycles. The van der Waals surface area contributed by atoms with Crippen molar-refractivity contribution in [1.29, 1.82) is 5.26 Å². The van der Waals surface area contributed by atoms with Crippen LogP contribution in [0.25, 0.3) is 5.52 Å². The van der Waals surface area contributed by atoms with Gasteiger partial charge in [0.25, 0.3) is 0 Å². The second-order valence-electron chi connectivity index (χ2n) is 8.55. The van der Waals surface area contributed by atoms with Gasteiger partial charge in [0.1, 0.15) is 36.2 Å². The molecule has 3 rings (SSSR count). The van der Waals surface area contributed by atoms with E-state index >= 15 is 0 Å². The van der Waals surface area contributed by atoms with E-state index in [1.165, 1.54) is 6.33 Å². The van der Waals surface area contributed by atoms with Crippen molar-refractivity contribution in [2.24, 2.45) is 0 Å². The number of nitriles is 1. The fraction of sp³-hybridized carbons (Fsp3) is 0.708. The van der Waals surface area contributed by atoms with E-state index in [1.807, 2.05) is 6.07 Å². The highest BCUT2D eigenvalue weighted by Crippen LogP contribution is 2.45. The lowest BCUT2D eigenvalue weighted by Gasteiger charge is -2.29. The van der Waals surface area contributed by atoms with Gasteiger partial charge in [0.15, 0.2) is 5.82 Å². The van der Waals surface area contributed by atoms with E-state index < -0.39 is 23.9 Å². The van der Waals surface area contributed by atoms with Crippen LogP contribution in [0.3, 0.4) is 0 Å². The molecule has 188 valence electrons. The lowest BCUT2D eigenvalue weighted by Crippen LogP contribution is -2.44. The molecule has 9 nitrogen and oxygen atoms in total. The van der Waals surface area contributed by atoms with Gasteiger partial charge in [-0.25, -0.2) is 9.50 Å². The zero-order chi connectivity index (χ0) is 24.6. The highest BCUT2D eigenvalue weighted by Gasteiger charge is 2.60. The van der Waals surface area contributed by atoms with Gasteiger partial charge in [-0.15, -0.1) is 0 Å². The zero-order valence-electron chi connectivity index (χ0n) is 20.3. The number of aromatic nitrogens is 3. The third-order valence-corrected chi connectivity index (χ3v) is 6.62. The Labute approximate surface area is 210 Å². The van der Waals surface area contributed by atoms with Crippen molar-refractivity contribution in [2.75, 3.05) is 32.2 Å². The molecule has 2 N–H and O–H groups in total. The topological polar surface area (TPSA) is 117 Å². The summed E-state index contributed by atoms with van der Waals surface area (Å²) in [5, 5.41) is 15.0. The van der Waals surface area contributed by atoms with Gasteiger partial charge in [-0.1, -0.05) is 40.0 Å². The van der Waals surface area contributed by atoms with Crippen LogP contribution in [0, 0.1) is 11.3 Å². The lowest BCUT2D eigenvalue weighted by atomic mass is 9.92. The summed E-state index contributed by atoms with van der Waals surface area (Å²) in [5.41, 5.74) is 5.75. The second kappa shape index (κ2) is 12.8. The molecule has 1 aliphatic heterocycles. The molecule has 0 amide bonds. The van der Waals surface area contributed by atoms with Crippen LogP contribution in [-0.4, -0.2) is 59.3 Å². The fourth-order valence-corrected chi connectivity index (χ4v) is 4.73. The Bertz CT molecular complexity index is 965. The summed E-state index contributed by atoms with van der Waals surface area (Å²) in [5.74, 6) is 0.304. The Hall–Kier alpha value is -1.77. The summed E-state index contributed by atoms with van der Waals surface area (Å²) in [4.78, 5) is 4.09. The summed E-state index contributed by atoms with van der Waals surface area (Å²) >= 11 is 3.55. The number of anilines is 1. The summed E-state index contributed by atoms with van der Waals surface area (Å²) in [7, 11) is 0. The number of rotatable bonds is 14. The van der Waals surface area contributed by atoms with Crippen LogP contribution >= 0.6 is 15.9 Å². The Morgan fingerprint density at radius 1 is 1.15 bits per heavy atom. The molecule has 2 aromatic heterocycles. The number of hydrogen-bond donors (Lipinski definition) is 1. The van der Waals surface area contributed by atoms with E-state index in [0.717, 1.165) is 38.5 Å². The van der Waals surface area contributed by atoms with Crippen LogP contribution in [0.4, 0.5) is 5.82 Å². The zero-order valence-corrected chi connectivity index (χ0v) is 21.9. The van der Waals surface area contributed by atoms with Crippen molar-refractivity contribution < 1.29 is 18.9 Å². The molecule has 0 aliphatic carbocycles. The number of nitrogens with zero attached hydrogens (tertiary/aromatic N) is 4. The molecule has 1 fully saturated rings. The Morgan fingerprint density at radius 2 is 1.82 bits per heavy atom. The van der Waals surface area contributed by atoms with Crippen molar-refractivity contribution in [3.05, 3.63) is 22.6 Å². The minimum absolute atomic E-state index is 0.304. The molecule has 1 aliphatic rings. The van der Waals surface area contributed by atoms with Crippen LogP contribution in [0.2, 0.25) is 0 Å². The van der Waals surface area contributed by atoms with Gasteiger partial charge in [0.2, 0.25) is 5.60 Å². The molecule has 0 unspecified atom stereocenters. The largest absolute Gasteiger partial charge is 0.382 e. The average Bonchev–Trinajstić information content (AvgIpc) is 3.33. The molecule has 10 heteroatoms. The van der Waals surface area contributed by atoms with Crippen LogP contribution in [0.1, 0.15) is 65.0 Å². The van der Waals surface area contributed by atoms with Crippen molar-refractivity contribution in [3.63, 3.8) is 0 Å². The van der Waals surface area contributed by atoms with Crippen molar-refractivity contribution in [1.82, 2.24) is 14.6 Å². The van der Waals surface area contributed by atoms with Crippen LogP contribution in [0.15, 0.2) is 16.9 Å². The number of hydrogen-bond acceptors (Lipinski definition) is 8. The quantitative estimate of drug-likeness (QED) is 0.352. The molecule has 34 heavy (non-hydrogen) atoms. The van der Waals surface area contributed by atoms with E-state index in [9.17, 15) is 5.26 Å². The highest BCUT2D eigenvalue weighted by molar-refractivity contribution is 9.10. The van der Waals surface area contributed by atoms with Gasteiger partial charge in [-0.05, 0) is 41.3 Å². The maximum absolute atomic E-state index is 10.6. The van der Waals surface area contributed by atoms with Crippen molar-refractivity contribution >= 4 is 27.3 Å². The number of ether oxygens (including phenoxy) is 4. The SMILES string of the molecule is CCCCOC[C@H]1O[C@@](C#N)(c2cc(Br)c3c(N)ncnn23)[C@H](OCCCC)[C@@H]1OCCCC.